The Morgan fingerprint density at radius 2 is 1.50 bits per heavy atom. The maximum atomic E-state index is 12.7. The Hall–Kier alpha value is -3.60. The molecule has 4 rings (SSSR count). The molecule has 0 aliphatic heterocycles. The third-order valence-electron chi connectivity index (χ3n) is 5.91. The molecule has 2 amide bonds. The zero-order valence-corrected chi connectivity index (χ0v) is 18.4. The molecule has 0 spiro atoms. The van der Waals surface area contributed by atoms with Crippen LogP contribution in [0.1, 0.15) is 31.2 Å². The molecule has 1 saturated carbocycles. The molecule has 0 saturated heterocycles. The lowest BCUT2D eigenvalue weighted by molar-refractivity contribution is 0.127. The molecule has 1 N–H and O–H groups in total. The molecule has 3 aromatic carbocycles. The van der Waals surface area contributed by atoms with E-state index in [4.69, 9.17) is 4.84 Å². The van der Waals surface area contributed by atoms with Crippen molar-refractivity contribution in [3.8, 4) is 11.1 Å². The van der Waals surface area contributed by atoms with Gasteiger partial charge in [0.25, 0.3) is 0 Å². The predicted octanol–water partition coefficient (Wildman–Crippen LogP) is 6.33. The Labute approximate surface area is 189 Å². The first kappa shape index (κ1) is 21.6. The molecule has 0 atom stereocenters. The number of amides is 2. The van der Waals surface area contributed by atoms with Crippen molar-refractivity contribution < 1.29 is 9.63 Å². The summed E-state index contributed by atoms with van der Waals surface area (Å²) in [5.41, 5.74) is 5.27. The molecule has 0 bridgehead atoms. The summed E-state index contributed by atoms with van der Waals surface area (Å²) < 4.78 is 0. The Bertz CT molecular complexity index is 1020. The van der Waals surface area contributed by atoms with E-state index < -0.39 is 0 Å². The van der Waals surface area contributed by atoms with Gasteiger partial charge in [-0.25, -0.2) is 4.79 Å². The third kappa shape index (κ3) is 5.76. The van der Waals surface area contributed by atoms with E-state index in [1.807, 2.05) is 84.7 Å². The lowest BCUT2D eigenvalue weighted by Crippen LogP contribution is -2.42. The maximum absolute atomic E-state index is 12.7. The predicted molar refractivity (Wildman–Crippen MR) is 130 cm³/mol. The number of hydrogen-bond donors (Lipinski definition) is 1. The number of oxime groups is 1. The van der Waals surface area contributed by atoms with Crippen LogP contribution in [0.25, 0.3) is 11.1 Å². The highest BCUT2D eigenvalue weighted by Gasteiger charge is 2.25. The third-order valence-corrected chi connectivity index (χ3v) is 5.91. The Morgan fingerprint density at radius 3 is 2.16 bits per heavy atom. The van der Waals surface area contributed by atoms with Gasteiger partial charge in [-0.2, -0.15) is 0 Å². The van der Waals surface area contributed by atoms with Crippen molar-refractivity contribution >= 4 is 17.4 Å². The van der Waals surface area contributed by atoms with Crippen LogP contribution in [0.5, 0.6) is 0 Å². The van der Waals surface area contributed by atoms with Crippen LogP contribution in [0.4, 0.5) is 10.5 Å². The highest BCUT2D eigenvalue weighted by atomic mass is 16.6. The Balaban J connectivity index is 1.24. The molecule has 5 nitrogen and oxygen atoms in total. The van der Waals surface area contributed by atoms with E-state index in [0.717, 1.165) is 53.8 Å². The van der Waals surface area contributed by atoms with Gasteiger partial charge in [-0.15, -0.1) is 0 Å². The summed E-state index contributed by atoms with van der Waals surface area (Å²) in [5.74, 6) is 0. The quantitative estimate of drug-likeness (QED) is 0.467. The van der Waals surface area contributed by atoms with Crippen molar-refractivity contribution in [3.63, 3.8) is 0 Å². The van der Waals surface area contributed by atoms with E-state index in [1.54, 1.807) is 0 Å². The molecular formula is C27H29N3O2. The number of nitrogens with one attached hydrogen (secondary N) is 1. The fourth-order valence-electron chi connectivity index (χ4n) is 3.94. The number of carbonyl (C=O) groups is 1. The van der Waals surface area contributed by atoms with E-state index >= 15 is 0 Å². The first-order valence-corrected chi connectivity index (χ1v) is 11.1. The lowest BCUT2D eigenvalue weighted by atomic mass is 9.93. The molecule has 164 valence electrons. The minimum absolute atomic E-state index is 0.0804. The van der Waals surface area contributed by atoms with Crippen molar-refractivity contribution in [2.45, 2.75) is 38.3 Å². The van der Waals surface area contributed by atoms with Crippen LogP contribution in [0.15, 0.2) is 90.1 Å². The van der Waals surface area contributed by atoms with Gasteiger partial charge in [0, 0.05) is 18.8 Å². The first-order valence-electron chi connectivity index (χ1n) is 11.1. The van der Waals surface area contributed by atoms with Gasteiger partial charge < -0.3 is 15.1 Å². The minimum atomic E-state index is -0.0804. The fourth-order valence-corrected chi connectivity index (χ4v) is 3.94. The van der Waals surface area contributed by atoms with Gasteiger partial charge in [-0.05, 0) is 54.5 Å². The summed E-state index contributed by atoms with van der Waals surface area (Å²) >= 11 is 0. The molecule has 0 aromatic heterocycles. The number of anilines is 1. The molecule has 1 aliphatic rings. The largest absolute Gasteiger partial charge is 0.391 e. The number of hydrogen-bond acceptors (Lipinski definition) is 3. The summed E-state index contributed by atoms with van der Waals surface area (Å²) in [6.07, 6.45) is 3.49. The van der Waals surface area contributed by atoms with Gasteiger partial charge in [0.1, 0.15) is 6.61 Å². The van der Waals surface area contributed by atoms with E-state index in [-0.39, 0.29) is 12.1 Å². The van der Waals surface area contributed by atoms with Crippen LogP contribution >= 0.6 is 0 Å². The highest BCUT2D eigenvalue weighted by Crippen LogP contribution is 2.23. The SMILES string of the molecule is CN(C(=O)Nc1ccc(-c2ccccc2)cc1)C1CCC(=NOCc2ccccc2)CC1. The lowest BCUT2D eigenvalue weighted by Gasteiger charge is -2.31. The molecule has 1 aliphatic carbocycles. The zero-order chi connectivity index (χ0) is 22.2. The zero-order valence-electron chi connectivity index (χ0n) is 18.4. The second-order valence-corrected chi connectivity index (χ2v) is 8.13. The van der Waals surface area contributed by atoms with E-state index in [9.17, 15) is 4.79 Å². The monoisotopic (exact) mass is 427 g/mol. The summed E-state index contributed by atoms with van der Waals surface area (Å²) in [4.78, 5) is 20.1. The standard InChI is InChI=1S/C27H29N3O2/c1-30(26-18-16-25(17-19-26)29-32-20-21-8-4-2-5-9-21)27(31)28-24-14-12-23(13-15-24)22-10-6-3-7-11-22/h2-15,26H,16-20H2,1H3,(H,28,31). The molecular weight excluding hydrogens is 398 g/mol. The summed E-state index contributed by atoms with van der Waals surface area (Å²) in [7, 11) is 1.87. The second-order valence-electron chi connectivity index (χ2n) is 8.13. The van der Waals surface area contributed by atoms with Crippen LogP contribution in [0, 0.1) is 0 Å². The number of nitrogens with zero attached hydrogens (tertiary/aromatic N) is 2. The number of carbonyl (C=O) groups excluding carboxylic acids is 1. The molecule has 32 heavy (non-hydrogen) atoms. The highest BCUT2D eigenvalue weighted by molar-refractivity contribution is 5.90. The van der Waals surface area contributed by atoms with E-state index in [0.29, 0.717) is 6.61 Å². The second kappa shape index (κ2) is 10.6. The fraction of sp³-hybridized carbons (Fsp3) is 0.259. The van der Waals surface area contributed by atoms with Crippen molar-refractivity contribution in [2.24, 2.45) is 5.16 Å². The van der Waals surface area contributed by atoms with Crippen molar-refractivity contribution in [3.05, 3.63) is 90.5 Å². The minimum Gasteiger partial charge on any atom is -0.391 e. The molecule has 5 heteroatoms. The Kier molecular flexibility index (Phi) is 7.18. The van der Waals surface area contributed by atoms with E-state index in [1.165, 1.54) is 0 Å². The molecule has 3 aromatic rings. The van der Waals surface area contributed by atoms with Gasteiger partial charge in [-0.3, -0.25) is 0 Å². The van der Waals surface area contributed by atoms with Crippen LogP contribution in [-0.2, 0) is 11.4 Å². The maximum Gasteiger partial charge on any atom is 0.321 e. The summed E-state index contributed by atoms with van der Waals surface area (Å²) in [6, 6.07) is 28.3. The van der Waals surface area contributed by atoms with E-state index in [2.05, 4.69) is 22.6 Å². The van der Waals surface area contributed by atoms with Crippen LogP contribution in [0.2, 0.25) is 0 Å². The normalized spacial score (nSPS) is 15.7. The van der Waals surface area contributed by atoms with Gasteiger partial charge in [0.2, 0.25) is 0 Å². The van der Waals surface area contributed by atoms with Crippen molar-refractivity contribution in [2.75, 3.05) is 12.4 Å². The van der Waals surface area contributed by atoms with Gasteiger partial charge in [-0.1, -0.05) is 78.0 Å². The average molecular weight is 428 g/mol. The van der Waals surface area contributed by atoms with Crippen molar-refractivity contribution in [1.29, 1.82) is 0 Å². The molecule has 0 unspecified atom stereocenters. The number of rotatable bonds is 6. The smallest absolute Gasteiger partial charge is 0.321 e. The molecule has 0 radical (unpaired) electrons. The Morgan fingerprint density at radius 1 is 0.906 bits per heavy atom. The average Bonchev–Trinajstić information content (AvgIpc) is 2.86. The van der Waals surface area contributed by atoms with Gasteiger partial charge in [0.15, 0.2) is 0 Å². The van der Waals surface area contributed by atoms with Crippen LogP contribution in [0.3, 0.4) is 0 Å². The first-order chi connectivity index (χ1) is 15.7. The number of benzene rings is 3. The van der Waals surface area contributed by atoms with Gasteiger partial charge >= 0.3 is 6.03 Å². The number of urea groups is 1. The summed E-state index contributed by atoms with van der Waals surface area (Å²) in [5, 5.41) is 7.33. The van der Waals surface area contributed by atoms with Crippen molar-refractivity contribution in [1.82, 2.24) is 4.90 Å². The molecule has 0 heterocycles. The van der Waals surface area contributed by atoms with Gasteiger partial charge in [0.05, 0.1) is 5.71 Å². The molecule has 1 fully saturated rings. The summed E-state index contributed by atoms with van der Waals surface area (Å²) in [6.45, 7) is 0.485. The topological polar surface area (TPSA) is 53.9 Å². The van der Waals surface area contributed by atoms with Crippen LogP contribution in [-0.4, -0.2) is 29.7 Å². The van der Waals surface area contributed by atoms with Crippen LogP contribution < -0.4 is 5.32 Å².